The second kappa shape index (κ2) is 4.66. The van der Waals surface area contributed by atoms with Crippen molar-refractivity contribution >= 4 is 21.9 Å². The summed E-state index contributed by atoms with van der Waals surface area (Å²) >= 11 is 3.25. The Morgan fingerprint density at radius 1 is 1.17 bits per heavy atom. The van der Waals surface area contributed by atoms with Crippen LogP contribution in [0.2, 0.25) is 0 Å². The van der Waals surface area contributed by atoms with Gasteiger partial charge in [-0.25, -0.2) is 4.79 Å². The van der Waals surface area contributed by atoms with Crippen molar-refractivity contribution in [3.63, 3.8) is 0 Å². The normalized spacial score (nSPS) is 40.8. The van der Waals surface area contributed by atoms with E-state index in [4.69, 9.17) is 4.74 Å². The third-order valence-corrected chi connectivity index (χ3v) is 5.80. The molecule has 0 atom stereocenters. The van der Waals surface area contributed by atoms with E-state index in [-0.39, 0.29) is 5.97 Å². The van der Waals surface area contributed by atoms with Crippen LogP contribution >= 0.6 is 15.9 Å². The first-order valence-corrected chi connectivity index (χ1v) is 8.13. The topological polar surface area (TPSA) is 26.3 Å². The van der Waals surface area contributed by atoms with Gasteiger partial charge in [-0.1, -0.05) is 22.5 Å². The zero-order chi connectivity index (χ0) is 12.8. The third kappa shape index (κ3) is 2.26. The highest BCUT2D eigenvalue weighted by molar-refractivity contribution is 9.09. The maximum atomic E-state index is 11.7. The van der Waals surface area contributed by atoms with Crippen LogP contribution in [0.15, 0.2) is 12.2 Å². The lowest BCUT2D eigenvalue weighted by Gasteiger charge is -2.56. The summed E-state index contributed by atoms with van der Waals surface area (Å²) in [7, 11) is 0. The highest BCUT2D eigenvalue weighted by atomic mass is 79.9. The van der Waals surface area contributed by atoms with Crippen LogP contribution in [0, 0.1) is 23.2 Å². The first-order valence-electron chi connectivity index (χ1n) is 7.01. The summed E-state index contributed by atoms with van der Waals surface area (Å²) in [5.41, 5.74) is 0.844. The van der Waals surface area contributed by atoms with E-state index in [2.05, 4.69) is 22.5 Å². The number of ether oxygens (including phenoxy) is 1. The molecule has 18 heavy (non-hydrogen) atoms. The number of hydrogen-bond donors (Lipinski definition) is 0. The Hall–Kier alpha value is -0.310. The van der Waals surface area contributed by atoms with Crippen molar-refractivity contribution in [1.82, 2.24) is 0 Å². The van der Waals surface area contributed by atoms with Gasteiger partial charge in [-0.2, -0.15) is 0 Å². The lowest BCUT2D eigenvalue weighted by Crippen LogP contribution is -2.48. The summed E-state index contributed by atoms with van der Waals surface area (Å²) in [6.07, 6.45) is 8.15. The molecule has 4 aliphatic rings. The zero-order valence-corrected chi connectivity index (χ0v) is 12.4. The molecule has 2 nitrogen and oxygen atoms in total. The van der Waals surface area contributed by atoms with Crippen molar-refractivity contribution < 1.29 is 9.53 Å². The minimum absolute atomic E-state index is 0.220. The summed E-state index contributed by atoms with van der Waals surface area (Å²) in [6, 6.07) is 0. The van der Waals surface area contributed by atoms with Gasteiger partial charge >= 0.3 is 5.97 Å². The number of alkyl halides is 1. The van der Waals surface area contributed by atoms with Crippen molar-refractivity contribution in [2.75, 3.05) is 11.9 Å². The van der Waals surface area contributed by atoms with Gasteiger partial charge in [-0.15, -0.1) is 0 Å². The van der Waals surface area contributed by atoms with Crippen molar-refractivity contribution in [1.29, 1.82) is 0 Å². The molecular formula is C15H21BrO2. The van der Waals surface area contributed by atoms with Gasteiger partial charge < -0.3 is 4.74 Å². The Labute approximate surface area is 117 Å². The first kappa shape index (κ1) is 12.7. The van der Waals surface area contributed by atoms with E-state index in [0.29, 0.717) is 22.9 Å². The van der Waals surface area contributed by atoms with Gasteiger partial charge in [-0.3, -0.25) is 0 Å². The molecule has 0 spiro atoms. The van der Waals surface area contributed by atoms with Crippen LogP contribution in [-0.4, -0.2) is 17.9 Å². The summed E-state index contributed by atoms with van der Waals surface area (Å²) in [6.45, 7) is 4.34. The summed E-state index contributed by atoms with van der Waals surface area (Å²) in [5.74, 6) is 2.51. The molecule has 0 aromatic carbocycles. The van der Waals surface area contributed by atoms with Gasteiger partial charge in [0.05, 0.1) is 6.61 Å². The lowest BCUT2D eigenvalue weighted by molar-refractivity contribution is -0.150. The second-order valence-electron chi connectivity index (χ2n) is 6.73. The first-order chi connectivity index (χ1) is 8.60. The van der Waals surface area contributed by atoms with Crippen LogP contribution in [0.5, 0.6) is 0 Å². The Bertz CT molecular complexity index is 339. The quantitative estimate of drug-likeness (QED) is 0.449. The van der Waals surface area contributed by atoms with Gasteiger partial charge in [0.2, 0.25) is 0 Å². The van der Waals surface area contributed by atoms with Crippen LogP contribution in [0.1, 0.15) is 38.5 Å². The number of carbonyl (C=O) groups excluding carboxylic acids is 1. The largest absolute Gasteiger partial charge is 0.462 e. The Morgan fingerprint density at radius 2 is 1.67 bits per heavy atom. The number of carbonyl (C=O) groups is 1. The Kier molecular flexibility index (Phi) is 3.29. The lowest BCUT2D eigenvalue weighted by atomic mass is 9.50. The number of halogens is 1. The molecule has 4 rings (SSSR count). The molecule has 0 unspecified atom stereocenters. The number of rotatable bonds is 4. The maximum Gasteiger partial charge on any atom is 0.334 e. The molecule has 4 bridgehead atoms. The van der Waals surface area contributed by atoms with Crippen molar-refractivity contribution in [2.45, 2.75) is 38.5 Å². The van der Waals surface area contributed by atoms with Gasteiger partial charge in [0.25, 0.3) is 0 Å². The molecule has 0 amide bonds. The molecule has 4 aliphatic carbocycles. The van der Waals surface area contributed by atoms with Crippen LogP contribution in [-0.2, 0) is 9.53 Å². The predicted molar refractivity (Wildman–Crippen MR) is 74.5 cm³/mol. The monoisotopic (exact) mass is 312 g/mol. The summed E-state index contributed by atoms with van der Waals surface area (Å²) in [5, 5.41) is 0.507. The maximum absolute atomic E-state index is 11.7. The molecule has 0 aromatic rings. The fraction of sp³-hybridized carbons (Fsp3) is 0.800. The second-order valence-corrected chi connectivity index (χ2v) is 7.29. The molecule has 0 heterocycles. The molecule has 0 radical (unpaired) electrons. The summed E-state index contributed by atoms with van der Waals surface area (Å²) in [4.78, 5) is 11.7. The van der Waals surface area contributed by atoms with Gasteiger partial charge in [0.1, 0.15) is 0 Å². The van der Waals surface area contributed by atoms with Gasteiger partial charge in [0.15, 0.2) is 0 Å². The van der Waals surface area contributed by atoms with E-state index >= 15 is 0 Å². The van der Waals surface area contributed by atoms with Crippen molar-refractivity contribution in [3.05, 3.63) is 12.2 Å². The minimum Gasteiger partial charge on any atom is -0.462 e. The van der Waals surface area contributed by atoms with E-state index in [9.17, 15) is 4.79 Å². The molecular weight excluding hydrogens is 292 g/mol. The van der Waals surface area contributed by atoms with Crippen LogP contribution in [0.3, 0.4) is 0 Å². The fourth-order valence-corrected chi connectivity index (χ4v) is 5.07. The number of hydrogen-bond acceptors (Lipinski definition) is 2. The molecule has 4 saturated carbocycles. The third-order valence-electron chi connectivity index (χ3n) is 5.12. The fourth-order valence-electron chi connectivity index (χ4n) is 4.84. The van der Waals surface area contributed by atoms with Crippen molar-refractivity contribution in [2.24, 2.45) is 23.2 Å². The molecule has 0 N–H and O–H groups in total. The SMILES string of the molecule is C=C(CBr)C(=O)OCC12CC3CC(CC(C3)C1)C2. The van der Waals surface area contributed by atoms with E-state index in [1.807, 2.05) is 0 Å². The van der Waals surface area contributed by atoms with Gasteiger partial charge in [0, 0.05) is 16.3 Å². The molecule has 3 heteroatoms. The van der Waals surface area contributed by atoms with E-state index in [0.717, 1.165) is 17.8 Å². The van der Waals surface area contributed by atoms with Gasteiger partial charge in [-0.05, 0) is 56.3 Å². The van der Waals surface area contributed by atoms with Crippen molar-refractivity contribution in [3.8, 4) is 0 Å². The highest BCUT2D eigenvalue weighted by Gasteiger charge is 2.51. The highest BCUT2D eigenvalue weighted by Crippen LogP contribution is 2.60. The smallest absolute Gasteiger partial charge is 0.334 e. The zero-order valence-electron chi connectivity index (χ0n) is 10.8. The molecule has 100 valence electrons. The predicted octanol–water partition coefficient (Wildman–Crippen LogP) is 3.70. The van der Waals surface area contributed by atoms with Crippen LogP contribution in [0.4, 0.5) is 0 Å². The average molecular weight is 313 g/mol. The van der Waals surface area contributed by atoms with E-state index in [1.54, 1.807) is 0 Å². The summed E-state index contributed by atoms with van der Waals surface area (Å²) < 4.78 is 5.51. The van der Waals surface area contributed by atoms with E-state index < -0.39 is 0 Å². The number of esters is 1. The Morgan fingerprint density at radius 3 is 2.11 bits per heavy atom. The molecule has 0 aliphatic heterocycles. The molecule has 0 aromatic heterocycles. The van der Waals surface area contributed by atoms with Crippen LogP contribution in [0.25, 0.3) is 0 Å². The average Bonchev–Trinajstić information content (AvgIpc) is 2.33. The minimum atomic E-state index is -0.220. The van der Waals surface area contributed by atoms with E-state index in [1.165, 1.54) is 38.5 Å². The van der Waals surface area contributed by atoms with Crippen LogP contribution < -0.4 is 0 Å². The molecule has 4 fully saturated rings. The standard InChI is InChI=1S/C15H21BrO2/c1-10(8-16)14(17)18-9-15-5-11-2-12(6-15)4-13(3-11)7-15/h11-13H,1-9H2. The molecule has 0 saturated heterocycles. The Balaban J connectivity index is 1.62.